The van der Waals surface area contributed by atoms with Gasteiger partial charge in [0.15, 0.2) is 5.65 Å². The zero-order valence-corrected chi connectivity index (χ0v) is 16.3. The molecule has 1 amide bonds. The molecule has 0 bridgehead atoms. The molecule has 27 heavy (non-hydrogen) atoms. The van der Waals surface area contributed by atoms with Crippen molar-refractivity contribution in [1.82, 2.24) is 24.8 Å². The van der Waals surface area contributed by atoms with Crippen molar-refractivity contribution in [2.75, 3.05) is 5.75 Å². The largest absolute Gasteiger partial charge is 0.353 e. The third kappa shape index (κ3) is 3.78. The lowest BCUT2D eigenvalue weighted by Gasteiger charge is -2.13. The molecule has 0 spiro atoms. The molecule has 144 valence electrons. The summed E-state index contributed by atoms with van der Waals surface area (Å²) in [6, 6.07) is 0.191. The van der Waals surface area contributed by atoms with Gasteiger partial charge >= 0.3 is 5.69 Å². The van der Waals surface area contributed by atoms with E-state index in [0.717, 1.165) is 32.1 Å². The van der Waals surface area contributed by atoms with Crippen LogP contribution in [0.25, 0.3) is 11.0 Å². The number of nitrogens with one attached hydrogen (secondary N) is 2. The Hall–Kier alpha value is -2.16. The lowest BCUT2D eigenvalue weighted by atomic mass is 10.3. The zero-order chi connectivity index (χ0) is 19.1. The van der Waals surface area contributed by atoms with Crippen molar-refractivity contribution in [2.45, 2.75) is 69.0 Å². The van der Waals surface area contributed by atoms with E-state index in [9.17, 15) is 14.4 Å². The van der Waals surface area contributed by atoms with Crippen LogP contribution < -0.4 is 16.6 Å². The predicted octanol–water partition coefficient (Wildman–Crippen LogP) is 1.70. The van der Waals surface area contributed by atoms with Crippen LogP contribution in [0, 0.1) is 0 Å². The molecule has 2 aromatic heterocycles. The molecule has 0 aromatic carbocycles. The molecular formula is C18H23N5O3S. The Morgan fingerprint density at radius 3 is 2.67 bits per heavy atom. The number of hydrogen-bond acceptors (Lipinski definition) is 6. The van der Waals surface area contributed by atoms with Gasteiger partial charge in [0.25, 0.3) is 5.56 Å². The number of carbonyl (C=O) groups excluding carboxylic acids is 1. The smallest absolute Gasteiger partial charge is 0.330 e. The first-order chi connectivity index (χ1) is 13.0. The van der Waals surface area contributed by atoms with Crippen LogP contribution in [0.3, 0.4) is 0 Å². The van der Waals surface area contributed by atoms with Gasteiger partial charge in [0.05, 0.1) is 5.75 Å². The third-order valence-corrected chi connectivity index (χ3v) is 5.96. The van der Waals surface area contributed by atoms with E-state index in [2.05, 4.69) is 20.3 Å². The Labute approximate surface area is 160 Å². The molecule has 2 fully saturated rings. The Bertz CT molecular complexity index is 1010. The minimum atomic E-state index is -0.487. The zero-order valence-electron chi connectivity index (χ0n) is 15.4. The molecule has 2 aromatic rings. The second-order valence-corrected chi connectivity index (χ2v) is 8.35. The van der Waals surface area contributed by atoms with Crippen LogP contribution in [0.4, 0.5) is 0 Å². The second kappa shape index (κ2) is 7.10. The number of fused-ring (bicyclic) bond motifs is 1. The summed E-state index contributed by atoms with van der Waals surface area (Å²) in [7, 11) is 0. The standard InChI is InChI=1S/C18H23N5O3S/c1-3-9(2)19-12(24)8-27-17-13-15(20-14(21-17)10-4-5-10)23(11-6-7-11)18(26)22-16(13)25/h9-11H,3-8H2,1-2H3,(H,19,24)(H,22,25,26). The first kappa shape index (κ1) is 18.2. The van der Waals surface area contributed by atoms with E-state index in [1.807, 2.05) is 13.8 Å². The van der Waals surface area contributed by atoms with Gasteiger partial charge in [0.2, 0.25) is 5.91 Å². The molecule has 2 N–H and O–H groups in total. The molecule has 1 atom stereocenters. The monoisotopic (exact) mass is 389 g/mol. The van der Waals surface area contributed by atoms with E-state index in [1.54, 1.807) is 4.57 Å². The number of amides is 1. The molecule has 2 heterocycles. The molecule has 2 aliphatic carbocycles. The summed E-state index contributed by atoms with van der Waals surface area (Å²) in [5, 5.41) is 3.71. The van der Waals surface area contributed by atoms with Crippen molar-refractivity contribution in [3.8, 4) is 0 Å². The van der Waals surface area contributed by atoms with Gasteiger partial charge in [-0.05, 0) is 39.0 Å². The molecule has 1 unspecified atom stereocenters. The summed E-state index contributed by atoms with van der Waals surface area (Å²) in [6.45, 7) is 3.96. The van der Waals surface area contributed by atoms with Crippen LogP contribution >= 0.6 is 11.8 Å². The fourth-order valence-corrected chi connectivity index (χ4v) is 3.82. The first-order valence-corrected chi connectivity index (χ1v) is 10.4. The Morgan fingerprint density at radius 2 is 2.04 bits per heavy atom. The van der Waals surface area contributed by atoms with Gasteiger partial charge in [-0.3, -0.25) is 19.1 Å². The van der Waals surface area contributed by atoms with E-state index >= 15 is 0 Å². The van der Waals surface area contributed by atoms with Crippen LogP contribution in [0.1, 0.15) is 63.7 Å². The maximum Gasteiger partial charge on any atom is 0.330 e. The minimum absolute atomic E-state index is 0.0883. The van der Waals surface area contributed by atoms with Crippen molar-refractivity contribution in [3.05, 3.63) is 26.7 Å². The molecule has 0 saturated heterocycles. The van der Waals surface area contributed by atoms with Crippen molar-refractivity contribution >= 4 is 28.7 Å². The molecule has 2 saturated carbocycles. The van der Waals surface area contributed by atoms with E-state index in [0.29, 0.717) is 21.9 Å². The quantitative estimate of drug-likeness (QED) is 0.551. The van der Waals surface area contributed by atoms with Crippen LogP contribution in [0.15, 0.2) is 14.6 Å². The number of nitrogens with zero attached hydrogens (tertiary/aromatic N) is 3. The molecule has 4 rings (SSSR count). The molecule has 0 aliphatic heterocycles. The third-order valence-electron chi connectivity index (χ3n) is 4.98. The number of H-pyrrole nitrogens is 1. The van der Waals surface area contributed by atoms with Gasteiger partial charge in [0.1, 0.15) is 16.2 Å². The SMILES string of the molecule is CCC(C)NC(=O)CSc1nc(C2CC2)nc2c1c(=O)[nH]c(=O)n2C1CC1. The Kier molecular flexibility index (Phi) is 4.79. The summed E-state index contributed by atoms with van der Waals surface area (Å²) >= 11 is 1.23. The number of thioether (sulfide) groups is 1. The van der Waals surface area contributed by atoms with Gasteiger partial charge in [0, 0.05) is 18.0 Å². The van der Waals surface area contributed by atoms with Crippen molar-refractivity contribution in [2.24, 2.45) is 0 Å². The van der Waals surface area contributed by atoms with E-state index < -0.39 is 11.2 Å². The minimum Gasteiger partial charge on any atom is -0.353 e. The van der Waals surface area contributed by atoms with E-state index in [1.165, 1.54) is 11.8 Å². The highest BCUT2D eigenvalue weighted by Crippen LogP contribution is 2.40. The normalized spacial score (nSPS) is 17.9. The maximum absolute atomic E-state index is 12.5. The van der Waals surface area contributed by atoms with Crippen molar-refractivity contribution in [1.29, 1.82) is 0 Å². The summed E-state index contributed by atoms with van der Waals surface area (Å²) in [4.78, 5) is 48.6. The Balaban J connectivity index is 1.75. The van der Waals surface area contributed by atoms with E-state index in [4.69, 9.17) is 0 Å². The predicted molar refractivity (Wildman–Crippen MR) is 103 cm³/mol. The van der Waals surface area contributed by atoms with Crippen molar-refractivity contribution in [3.63, 3.8) is 0 Å². The number of aromatic amines is 1. The average molecular weight is 389 g/mol. The number of aromatic nitrogens is 4. The lowest BCUT2D eigenvalue weighted by molar-refractivity contribution is -0.119. The molecule has 9 heteroatoms. The number of carbonyl (C=O) groups is 1. The highest BCUT2D eigenvalue weighted by molar-refractivity contribution is 8.00. The van der Waals surface area contributed by atoms with Crippen LogP contribution in [-0.4, -0.2) is 37.2 Å². The fraction of sp³-hybridized carbons (Fsp3) is 0.611. The molecule has 0 radical (unpaired) electrons. The van der Waals surface area contributed by atoms with Crippen molar-refractivity contribution < 1.29 is 4.79 Å². The van der Waals surface area contributed by atoms with Gasteiger partial charge < -0.3 is 5.32 Å². The highest BCUT2D eigenvalue weighted by Gasteiger charge is 2.32. The van der Waals surface area contributed by atoms with Gasteiger partial charge in [-0.25, -0.2) is 14.8 Å². The lowest BCUT2D eigenvalue weighted by Crippen LogP contribution is -2.33. The van der Waals surface area contributed by atoms with Crippen LogP contribution in [0.2, 0.25) is 0 Å². The summed E-state index contributed by atoms with van der Waals surface area (Å²) in [5.41, 5.74) is -0.493. The van der Waals surface area contributed by atoms with E-state index in [-0.39, 0.29) is 29.7 Å². The maximum atomic E-state index is 12.5. The summed E-state index contributed by atoms with van der Waals surface area (Å²) < 4.78 is 1.59. The topological polar surface area (TPSA) is 110 Å². The molecular weight excluding hydrogens is 366 g/mol. The highest BCUT2D eigenvalue weighted by atomic mass is 32.2. The van der Waals surface area contributed by atoms with Gasteiger partial charge in [-0.15, -0.1) is 0 Å². The number of rotatable bonds is 7. The van der Waals surface area contributed by atoms with Gasteiger partial charge in [-0.2, -0.15) is 0 Å². The number of hydrogen-bond donors (Lipinski definition) is 2. The van der Waals surface area contributed by atoms with Crippen LogP contribution in [-0.2, 0) is 4.79 Å². The van der Waals surface area contributed by atoms with Crippen LogP contribution in [0.5, 0.6) is 0 Å². The van der Waals surface area contributed by atoms with Gasteiger partial charge in [-0.1, -0.05) is 18.7 Å². The second-order valence-electron chi connectivity index (χ2n) is 7.39. The summed E-state index contributed by atoms with van der Waals surface area (Å²) in [6.07, 6.45) is 4.70. The fourth-order valence-electron chi connectivity index (χ4n) is 2.99. The summed E-state index contributed by atoms with van der Waals surface area (Å²) in [5.74, 6) is 1.03. The first-order valence-electron chi connectivity index (χ1n) is 9.46. The molecule has 8 nitrogen and oxygen atoms in total. The average Bonchev–Trinajstić information content (AvgIpc) is 3.52. The molecule has 2 aliphatic rings. The Morgan fingerprint density at radius 1 is 1.30 bits per heavy atom.